The van der Waals surface area contributed by atoms with Crippen LogP contribution in [0.25, 0.3) is 10.8 Å². The highest BCUT2D eigenvalue weighted by Gasteiger charge is 2.15. The number of anilines is 2. The fraction of sp³-hybridized carbons (Fsp3) is 0. The molecule has 8 heteroatoms. The maximum atomic E-state index is 12.3. The van der Waals surface area contributed by atoms with Crippen molar-refractivity contribution in [2.45, 2.75) is 4.90 Å². The van der Waals surface area contributed by atoms with Crippen LogP contribution in [0.4, 0.5) is 11.4 Å². The molecule has 3 aromatic rings. The summed E-state index contributed by atoms with van der Waals surface area (Å²) in [4.78, 5) is 11.9. The molecule has 0 bridgehead atoms. The summed E-state index contributed by atoms with van der Waals surface area (Å²) in [5.74, 6) is -0.784. The summed E-state index contributed by atoms with van der Waals surface area (Å²) in [6.45, 7) is 0. The van der Waals surface area contributed by atoms with Gasteiger partial charge in [0.25, 0.3) is 16.0 Å². The Bertz CT molecular complexity index is 1090. The molecule has 3 aromatic carbocycles. The van der Waals surface area contributed by atoms with E-state index in [0.717, 1.165) is 6.07 Å². The van der Waals surface area contributed by atoms with E-state index in [1.54, 1.807) is 24.3 Å². The quantitative estimate of drug-likeness (QED) is 0.323. The molecule has 0 saturated heterocycles. The molecule has 128 valence electrons. The summed E-state index contributed by atoms with van der Waals surface area (Å²) in [5.41, 5.74) is 6.48. The van der Waals surface area contributed by atoms with Gasteiger partial charge < -0.3 is 16.2 Å². The van der Waals surface area contributed by atoms with Gasteiger partial charge >= 0.3 is 0 Å². The number of rotatable bonds is 3. The number of carbonyl (C=O) groups excluding carboxylic acids is 1. The van der Waals surface area contributed by atoms with Crippen LogP contribution in [0.15, 0.2) is 59.5 Å². The molecule has 0 unspecified atom stereocenters. The largest absolute Gasteiger partial charge is 0.505 e. The molecule has 0 aliphatic rings. The van der Waals surface area contributed by atoms with Gasteiger partial charge in [-0.05, 0) is 41.8 Å². The van der Waals surface area contributed by atoms with Gasteiger partial charge in [-0.15, -0.1) is 0 Å². The predicted molar refractivity (Wildman–Crippen MR) is 94.2 cm³/mol. The maximum absolute atomic E-state index is 12.3. The number of phenols is 1. The maximum Gasteiger partial charge on any atom is 0.294 e. The minimum absolute atomic E-state index is 0.104. The second-order valence-electron chi connectivity index (χ2n) is 5.40. The fourth-order valence-electron chi connectivity index (χ4n) is 2.42. The Labute approximate surface area is 143 Å². The molecule has 25 heavy (non-hydrogen) atoms. The van der Waals surface area contributed by atoms with Gasteiger partial charge in [0.05, 0.1) is 10.6 Å². The molecule has 0 aliphatic heterocycles. The number of nitrogens with one attached hydrogen (secondary N) is 1. The van der Waals surface area contributed by atoms with Gasteiger partial charge in [-0.2, -0.15) is 8.42 Å². The number of aromatic hydroxyl groups is 1. The lowest BCUT2D eigenvalue weighted by Crippen LogP contribution is -2.12. The number of nitrogens with two attached hydrogens (primary N) is 1. The molecule has 0 spiro atoms. The van der Waals surface area contributed by atoms with E-state index in [-0.39, 0.29) is 21.7 Å². The van der Waals surface area contributed by atoms with Gasteiger partial charge in [-0.3, -0.25) is 9.35 Å². The van der Waals surface area contributed by atoms with E-state index in [1.807, 2.05) is 0 Å². The summed E-state index contributed by atoms with van der Waals surface area (Å²) >= 11 is 0. The summed E-state index contributed by atoms with van der Waals surface area (Å²) in [6.07, 6.45) is 0. The van der Waals surface area contributed by atoms with Crippen LogP contribution in [-0.2, 0) is 10.1 Å². The summed E-state index contributed by atoms with van der Waals surface area (Å²) in [6, 6.07) is 13.2. The van der Waals surface area contributed by atoms with Crippen LogP contribution in [0.1, 0.15) is 10.4 Å². The number of phenolic OH excluding ortho intramolecular Hbond substituents is 1. The Morgan fingerprint density at radius 2 is 1.76 bits per heavy atom. The van der Waals surface area contributed by atoms with Crippen molar-refractivity contribution in [3.63, 3.8) is 0 Å². The minimum atomic E-state index is -4.41. The number of nitrogen functional groups attached to an aromatic ring is 1. The van der Waals surface area contributed by atoms with Crippen molar-refractivity contribution in [3.8, 4) is 5.75 Å². The molecule has 0 saturated carbocycles. The number of carbonyl (C=O) groups is 1. The van der Waals surface area contributed by atoms with E-state index in [4.69, 9.17) is 10.3 Å². The van der Waals surface area contributed by atoms with E-state index < -0.39 is 16.0 Å². The van der Waals surface area contributed by atoms with E-state index >= 15 is 0 Å². The second kappa shape index (κ2) is 6.08. The number of amides is 1. The Kier molecular flexibility index (Phi) is 4.07. The zero-order valence-electron chi connectivity index (χ0n) is 12.8. The predicted octanol–water partition coefficient (Wildman–Crippen LogP) is 2.63. The molecule has 0 aliphatic carbocycles. The van der Waals surface area contributed by atoms with E-state index in [0.29, 0.717) is 16.6 Å². The molecule has 0 atom stereocenters. The van der Waals surface area contributed by atoms with Crippen LogP contribution in [-0.4, -0.2) is 24.0 Å². The third-order valence-corrected chi connectivity index (χ3v) is 4.51. The number of fused-ring (bicyclic) bond motifs is 1. The van der Waals surface area contributed by atoms with Crippen molar-refractivity contribution in [1.29, 1.82) is 0 Å². The Hall–Kier alpha value is -3.10. The van der Waals surface area contributed by atoms with Gasteiger partial charge in [0.2, 0.25) is 0 Å². The van der Waals surface area contributed by atoms with E-state index in [9.17, 15) is 18.3 Å². The second-order valence-corrected chi connectivity index (χ2v) is 6.82. The van der Waals surface area contributed by atoms with Gasteiger partial charge in [0, 0.05) is 16.6 Å². The monoisotopic (exact) mass is 358 g/mol. The lowest BCUT2D eigenvalue weighted by atomic mass is 10.1. The van der Waals surface area contributed by atoms with Crippen LogP contribution in [0.5, 0.6) is 5.75 Å². The zero-order chi connectivity index (χ0) is 18.2. The first-order chi connectivity index (χ1) is 11.8. The lowest BCUT2D eigenvalue weighted by Gasteiger charge is -2.11. The van der Waals surface area contributed by atoms with E-state index in [2.05, 4.69) is 5.32 Å². The average molecular weight is 358 g/mol. The first-order valence-corrected chi connectivity index (χ1v) is 8.60. The third kappa shape index (κ3) is 3.39. The number of hydrogen-bond donors (Lipinski definition) is 4. The molecule has 0 radical (unpaired) electrons. The summed E-state index contributed by atoms with van der Waals surface area (Å²) in [7, 11) is -4.41. The van der Waals surface area contributed by atoms with Crippen molar-refractivity contribution in [2.75, 3.05) is 11.1 Å². The SMILES string of the molecule is Nc1cccc(C(=O)Nc2ccc3ccc(S(=O)(=O)O)cc3c2O)c1. The fourth-order valence-corrected chi connectivity index (χ4v) is 2.93. The Morgan fingerprint density at radius 3 is 2.44 bits per heavy atom. The van der Waals surface area contributed by atoms with Crippen molar-refractivity contribution < 1.29 is 22.9 Å². The summed E-state index contributed by atoms with van der Waals surface area (Å²) in [5, 5.41) is 13.7. The van der Waals surface area contributed by atoms with Crippen LogP contribution in [0.2, 0.25) is 0 Å². The van der Waals surface area contributed by atoms with Crippen LogP contribution < -0.4 is 11.1 Å². The normalized spacial score (nSPS) is 11.4. The molecule has 1 amide bonds. The molecule has 3 rings (SSSR count). The Balaban J connectivity index is 2.02. The highest BCUT2D eigenvalue weighted by Crippen LogP contribution is 2.34. The first-order valence-electron chi connectivity index (χ1n) is 7.16. The smallest absolute Gasteiger partial charge is 0.294 e. The number of benzene rings is 3. The Morgan fingerprint density at radius 1 is 1.04 bits per heavy atom. The van der Waals surface area contributed by atoms with Crippen LogP contribution in [0.3, 0.4) is 0 Å². The highest BCUT2D eigenvalue weighted by atomic mass is 32.2. The molecular formula is C17H14N2O5S. The molecule has 0 heterocycles. The molecule has 0 aromatic heterocycles. The first kappa shape index (κ1) is 16.7. The zero-order valence-corrected chi connectivity index (χ0v) is 13.6. The van der Waals surface area contributed by atoms with Crippen molar-refractivity contribution >= 4 is 38.2 Å². The van der Waals surface area contributed by atoms with Gasteiger partial charge in [-0.1, -0.05) is 18.2 Å². The van der Waals surface area contributed by atoms with Crippen LogP contribution >= 0.6 is 0 Å². The molecule has 7 nitrogen and oxygen atoms in total. The standard InChI is InChI=1S/C17H14N2O5S/c18-12-3-1-2-11(8-12)17(21)19-15-7-5-10-4-6-13(25(22,23)24)9-14(10)16(15)20/h1-9,20H,18H2,(H,19,21)(H,22,23,24). The molecule has 5 N–H and O–H groups in total. The van der Waals surface area contributed by atoms with Gasteiger partial charge in [0.15, 0.2) is 0 Å². The topological polar surface area (TPSA) is 130 Å². The third-order valence-electron chi connectivity index (χ3n) is 3.66. The van der Waals surface area contributed by atoms with Crippen molar-refractivity contribution in [2.24, 2.45) is 0 Å². The molecule has 0 fully saturated rings. The molecular weight excluding hydrogens is 344 g/mol. The lowest BCUT2D eigenvalue weighted by molar-refractivity contribution is 0.102. The van der Waals surface area contributed by atoms with Gasteiger partial charge in [0.1, 0.15) is 5.75 Å². The highest BCUT2D eigenvalue weighted by molar-refractivity contribution is 7.85. The summed E-state index contributed by atoms with van der Waals surface area (Å²) < 4.78 is 31.7. The van der Waals surface area contributed by atoms with E-state index in [1.165, 1.54) is 24.3 Å². The minimum Gasteiger partial charge on any atom is -0.505 e. The average Bonchev–Trinajstić information content (AvgIpc) is 2.56. The van der Waals surface area contributed by atoms with Crippen LogP contribution in [0, 0.1) is 0 Å². The van der Waals surface area contributed by atoms with Crippen molar-refractivity contribution in [1.82, 2.24) is 0 Å². The van der Waals surface area contributed by atoms with Crippen molar-refractivity contribution in [3.05, 3.63) is 60.2 Å². The number of hydrogen-bond acceptors (Lipinski definition) is 5. The van der Waals surface area contributed by atoms with Gasteiger partial charge in [-0.25, -0.2) is 0 Å².